The summed E-state index contributed by atoms with van der Waals surface area (Å²) in [5.74, 6) is 0.233. The zero-order valence-electron chi connectivity index (χ0n) is 19.5. The summed E-state index contributed by atoms with van der Waals surface area (Å²) in [7, 11) is 0. The summed E-state index contributed by atoms with van der Waals surface area (Å²) in [6, 6.07) is 4.99. The van der Waals surface area contributed by atoms with Gasteiger partial charge in [-0.05, 0) is 37.5 Å². The number of nitrogens with one attached hydrogen (secondary N) is 1. The Morgan fingerprint density at radius 3 is 2.64 bits per heavy atom. The zero-order valence-corrected chi connectivity index (χ0v) is 20.2. The van der Waals surface area contributed by atoms with Crippen molar-refractivity contribution in [2.75, 3.05) is 37.6 Å². The van der Waals surface area contributed by atoms with Crippen molar-refractivity contribution < 1.29 is 27.8 Å². The van der Waals surface area contributed by atoms with E-state index >= 15 is 0 Å². The minimum Gasteiger partial charge on any atom is -0.480 e. The number of anilines is 1. The van der Waals surface area contributed by atoms with Gasteiger partial charge in [0.2, 0.25) is 0 Å². The van der Waals surface area contributed by atoms with Gasteiger partial charge in [-0.1, -0.05) is 11.6 Å². The Morgan fingerprint density at radius 1 is 1.22 bits per heavy atom. The summed E-state index contributed by atoms with van der Waals surface area (Å²) < 4.78 is 45.7. The van der Waals surface area contributed by atoms with Crippen molar-refractivity contribution in [1.29, 1.82) is 0 Å². The number of hydrogen-bond acceptors (Lipinski definition) is 6. The predicted molar refractivity (Wildman–Crippen MR) is 125 cm³/mol. The molecule has 2 N–H and O–H groups in total. The highest BCUT2D eigenvalue weighted by Crippen LogP contribution is 2.65. The number of halogens is 4. The van der Waals surface area contributed by atoms with Crippen molar-refractivity contribution in [3.05, 3.63) is 41.2 Å². The second-order valence-corrected chi connectivity index (χ2v) is 11.0. The standard InChI is InChI=1S/C24H27ClF3N5O3/c25-15-1-2-19-17(7-15)18(34)8-20(36-19)21(35)30-22-11-23(12-22,13-22)33-10-16(9-29-33)32-5-3-31(4-6-32)14-24(26,27)28/h1-2,7,9-10,18,20,34H,3-6,8,11-14H2,(H,30,35)/t18-,20-,22?,23?/m1/s1. The molecule has 5 aliphatic rings. The summed E-state index contributed by atoms with van der Waals surface area (Å²) in [6.07, 6.45) is 0.406. The molecular weight excluding hydrogens is 499 g/mol. The van der Waals surface area contributed by atoms with Crippen LogP contribution >= 0.6 is 11.6 Å². The normalized spacial score (nSPS) is 31.6. The Bertz CT molecular complexity index is 1160. The maximum absolute atomic E-state index is 12.9. The van der Waals surface area contributed by atoms with E-state index in [1.54, 1.807) is 24.4 Å². The van der Waals surface area contributed by atoms with Crippen molar-refractivity contribution in [2.45, 2.75) is 55.1 Å². The minimum absolute atomic E-state index is 0.139. The molecule has 8 nitrogen and oxygen atoms in total. The first-order chi connectivity index (χ1) is 17.0. The summed E-state index contributed by atoms with van der Waals surface area (Å²) in [4.78, 5) is 16.4. The summed E-state index contributed by atoms with van der Waals surface area (Å²) in [5, 5.41) is 18.6. The van der Waals surface area contributed by atoms with E-state index < -0.39 is 24.9 Å². The SMILES string of the molecule is O=C(NC12CC(n3cc(N4CCN(CC(F)(F)F)CC4)cn3)(C1)C2)[C@H]1C[C@@H](O)c2cc(Cl)ccc2O1. The lowest BCUT2D eigenvalue weighted by Gasteiger charge is -2.70. The van der Waals surface area contributed by atoms with Crippen LogP contribution in [-0.4, -0.2) is 76.2 Å². The number of aliphatic hydroxyl groups is 1. The van der Waals surface area contributed by atoms with Gasteiger partial charge in [0.1, 0.15) is 5.75 Å². The molecule has 0 unspecified atom stereocenters. The largest absolute Gasteiger partial charge is 0.480 e. The molecule has 3 saturated carbocycles. The lowest BCUT2D eigenvalue weighted by molar-refractivity contribution is -0.165. The third-order valence-electron chi connectivity index (χ3n) is 7.92. The number of fused-ring (bicyclic) bond motifs is 1. The number of alkyl halides is 3. The number of aromatic nitrogens is 2. The number of piperazine rings is 1. The number of amides is 1. The fourth-order valence-corrected chi connectivity index (χ4v) is 6.36. The minimum atomic E-state index is -4.18. The highest BCUT2D eigenvalue weighted by Gasteiger charge is 2.70. The Hall–Kier alpha value is -2.50. The number of hydrogen-bond donors (Lipinski definition) is 2. The molecule has 0 radical (unpaired) electrons. The molecule has 36 heavy (non-hydrogen) atoms. The average molecular weight is 526 g/mol. The van der Waals surface area contributed by atoms with Gasteiger partial charge >= 0.3 is 6.18 Å². The van der Waals surface area contributed by atoms with Crippen molar-refractivity contribution in [2.24, 2.45) is 0 Å². The van der Waals surface area contributed by atoms with Gasteiger partial charge in [0.15, 0.2) is 6.10 Å². The first-order valence-electron chi connectivity index (χ1n) is 12.1. The van der Waals surface area contributed by atoms with E-state index in [-0.39, 0.29) is 23.4 Å². The molecule has 1 amide bonds. The fraction of sp³-hybridized carbons (Fsp3) is 0.583. The van der Waals surface area contributed by atoms with Gasteiger partial charge in [0, 0.05) is 54.9 Å². The van der Waals surface area contributed by atoms with Crippen LogP contribution in [0.15, 0.2) is 30.6 Å². The third-order valence-corrected chi connectivity index (χ3v) is 8.15. The van der Waals surface area contributed by atoms with E-state index in [1.165, 1.54) is 4.90 Å². The molecule has 3 heterocycles. The van der Waals surface area contributed by atoms with Gasteiger partial charge in [0.25, 0.3) is 5.91 Å². The molecule has 1 aromatic heterocycles. The fourth-order valence-electron chi connectivity index (χ4n) is 6.18. The molecule has 2 bridgehead atoms. The van der Waals surface area contributed by atoms with E-state index in [1.807, 2.05) is 10.9 Å². The first kappa shape index (κ1) is 23.9. The molecule has 1 aromatic carbocycles. The van der Waals surface area contributed by atoms with Crippen molar-refractivity contribution >= 4 is 23.2 Å². The zero-order chi connectivity index (χ0) is 25.3. The number of carbonyl (C=O) groups is 1. The number of rotatable bonds is 5. The predicted octanol–water partition coefficient (Wildman–Crippen LogP) is 2.85. The van der Waals surface area contributed by atoms with Crippen LogP contribution in [0.5, 0.6) is 5.75 Å². The lowest BCUT2D eigenvalue weighted by atomic mass is 9.44. The highest BCUT2D eigenvalue weighted by molar-refractivity contribution is 6.30. The average Bonchev–Trinajstić information content (AvgIpc) is 3.24. The van der Waals surface area contributed by atoms with Crippen molar-refractivity contribution in [3.63, 3.8) is 0 Å². The molecule has 12 heteroatoms. The maximum Gasteiger partial charge on any atom is 0.401 e. The second kappa shape index (κ2) is 8.26. The van der Waals surface area contributed by atoms with E-state index in [9.17, 15) is 23.1 Å². The van der Waals surface area contributed by atoms with Gasteiger partial charge in [-0.3, -0.25) is 14.4 Å². The Kier molecular flexibility index (Phi) is 5.47. The van der Waals surface area contributed by atoms with E-state index in [0.29, 0.717) is 42.5 Å². The van der Waals surface area contributed by atoms with Crippen LogP contribution in [0.4, 0.5) is 18.9 Å². The first-order valence-corrected chi connectivity index (χ1v) is 12.5. The summed E-state index contributed by atoms with van der Waals surface area (Å²) >= 11 is 6.00. The monoisotopic (exact) mass is 525 g/mol. The van der Waals surface area contributed by atoms with Gasteiger partial charge in [0.05, 0.1) is 30.1 Å². The van der Waals surface area contributed by atoms with E-state index in [4.69, 9.17) is 16.3 Å². The highest BCUT2D eigenvalue weighted by atomic mass is 35.5. The van der Waals surface area contributed by atoms with E-state index in [0.717, 1.165) is 24.9 Å². The molecule has 2 atom stereocenters. The molecule has 1 saturated heterocycles. The van der Waals surface area contributed by atoms with Crippen LogP contribution in [0.3, 0.4) is 0 Å². The number of carbonyl (C=O) groups excluding carboxylic acids is 1. The molecule has 194 valence electrons. The molecule has 4 fully saturated rings. The van der Waals surface area contributed by atoms with Crippen LogP contribution in [0.2, 0.25) is 5.02 Å². The number of benzene rings is 1. The summed E-state index contributed by atoms with van der Waals surface area (Å²) in [6.45, 7) is 0.901. The van der Waals surface area contributed by atoms with Crippen molar-refractivity contribution in [1.82, 2.24) is 20.0 Å². The Balaban J connectivity index is 1.02. The van der Waals surface area contributed by atoms with Crippen LogP contribution in [-0.2, 0) is 10.3 Å². The van der Waals surface area contributed by atoms with Gasteiger partial charge in [-0.25, -0.2) is 0 Å². The molecule has 2 aliphatic heterocycles. The second-order valence-electron chi connectivity index (χ2n) is 10.6. The van der Waals surface area contributed by atoms with Gasteiger partial charge in [-0.15, -0.1) is 0 Å². The number of ether oxygens (including phenoxy) is 1. The quantitative estimate of drug-likeness (QED) is 0.625. The number of aliphatic hydroxyl groups excluding tert-OH is 1. The van der Waals surface area contributed by atoms with Crippen LogP contribution < -0.4 is 15.0 Å². The topological polar surface area (TPSA) is 82.9 Å². The molecule has 3 aliphatic carbocycles. The Morgan fingerprint density at radius 2 is 1.94 bits per heavy atom. The van der Waals surface area contributed by atoms with Crippen LogP contribution in [0.25, 0.3) is 0 Å². The third kappa shape index (κ3) is 4.20. The molecule has 0 spiro atoms. The molecule has 2 aromatic rings. The smallest absolute Gasteiger partial charge is 0.401 e. The van der Waals surface area contributed by atoms with Crippen molar-refractivity contribution in [3.8, 4) is 5.75 Å². The van der Waals surface area contributed by atoms with Crippen LogP contribution in [0, 0.1) is 0 Å². The van der Waals surface area contributed by atoms with Gasteiger partial charge in [-0.2, -0.15) is 18.3 Å². The lowest BCUT2D eigenvalue weighted by Crippen LogP contribution is -2.79. The van der Waals surface area contributed by atoms with E-state index in [2.05, 4.69) is 15.3 Å². The number of nitrogens with zero attached hydrogens (tertiary/aromatic N) is 4. The maximum atomic E-state index is 12.9. The molecular formula is C24H27ClF3N5O3. The summed E-state index contributed by atoms with van der Waals surface area (Å²) in [5.41, 5.74) is 1.07. The van der Waals surface area contributed by atoms with Gasteiger partial charge < -0.3 is 20.1 Å². The van der Waals surface area contributed by atoms with Crippen LogP contribution in [0.1, 0.15) is 37.4 Å². The Labute approximate surface area is 210 Å². The molecule has 7 rings (SSSR count).